The quantitative estimate of drug-likeness (QED) is 0.701. The zero-order valence-corrected chi connectivity index (χ0v) is 14.6. The number of aromatic nitrogens is 5. The number of aromatic amines is 1. The van der Waals surface area contributed by atoms with Gasteiger partial charge < -0.3 is 14.9 Å². The standard InChI is InChI=1S/C18H20N6O2/c1-12(2)10-24-11-19-7-13(24)8-22-17(25)14-9-21-16(23-18(14)26)15-5-3-4-6-20-15/h3-7,9,11-12H,8,10H2,1-2H3,(H,22,25)(H,21,23,26). The van der Waals surface area contributed by atoms with Gasteiger partial charge in [-0.3, -0.25) is 14.6 Å². The van der Waals surface area contributed by atoms with Crippen molar-refractivity contribution in [2.24, 2.45) is 5.92 Å². The average Bonchev–Trinajstić information content (AvgIpc) is 3.06. The number of H-pyrrole nitrogens is 1. The molecule has 26 heavy (non-hydrogen) atoms. The molecule has 0 atom stereocenters. The van der Waals surface area contributed by atoms with E-state index in [0.717, 1.165) is 12.2 Å². The fraction of sp³-hybridized carbons (Fsp3) is 0.278. The van der Waals surface area contributed by atoms with Gasteiger partial charge in [0.25, 0.3) is 11.5 Å². The molecular formula is C18H20N6O2. The highest BCUT2D eigenvalue weighted by Crippen LogP contribution is 2.08. The Balaban J connectivity index is 1.71. The number of imidazole rings is 1. The van der Waals surface area contributed by atoms with Gasteiger partial charge in [0.15, 0.2) is 5.82 Å². The van der Waals surface area contributed by atoms with Crippen molar-refractivity contribution in [1.29, 1.82) is 0 Å². The highest BCUT2D eigenvalue weighted by Gasteiger charge is 2.14. The van der Waals surface area contributed by atoms with Crippen molar-refractivity contribution in [3.63, 3.8) is 0 Å². The molecule has 134 valence electrons. The number of pyridine rings is 1. The second kappa shape index (κ2) is 7.73. The molecule has 8 nitrogen and oxygen atoms in total. The van der Waals surface area contributed by atoms with Crippen LogP contribution in [0.25, 0.3) is 11.5 Å². The number of nitrogens with one attached hydrogen (secondary N) is 2. The first-order valence-electron chi connectivity index (χ1n) is 8.32. The summed E-state index contributed by atoms with van der Waals surface area (Å²) in [6.07, 6.45) is 6.31. The number of hydrogen-bond donors (Lipinski definition) is 2. The fourth-order valence-corrected chi connectivity index (χ4v) is 2.51. The van der Waals surface area contributed by atoms with Crippen molar-refractivity contribution in [2.75, 3.05) is 0 Å². The summed E-state index contributed by atoms with van der Waals surface area (Å²) in [5, 5.41) is 2.74. The van der Waals surface area contributed by atoms with Gasteiger partial charge in [0.2, 0.25) is 0 Å². The molecule has 0 bridgehead atoms. The summed E-state index contributed by atoms with van der Waals surface area (Å²) in [4.78, 5) is 39.5. The number of amides is 1. The van der Waals surface area contributed by atoms with Gasteiger partial charge in [-0.2, -0.15) is 0 Å². The predicted octanol–water partition coefficient (Wildman–Crippen LogP) is 1.61. The first-order valence-corrected chi connectivity index (χ1v) is 8.32. The van der Waals surface area contributed by atoms with Crippen molar-refractivity contribution in [3.8, 4) is 11.5 Å². The molecule has 0 spiro atoms. The van der Waals surface area contributed by atoms with Crippen LogP contribution < -0.4 is 10.9 Å². The van der Waals surface area contributed by atoms with E-state index >= 15 is 0 Å². The van der Waals surface area contributed by atoms with Gasteiger partial charge in [-0.05, 0) is 18.1 Å². The summed E-state index contributed by atoms with van der Waals surface area (Å²) in [6.45, 7) is 5.31. The van der Waals surface area contributed by atoms with Crippen molar-refractivity contribution >= 4 is 5.91 Å². The van der Waals surface area contributed by atoms with E-state index in [9.17, 15) is 9.59 Å². The SMILES string of the molecule is CC(C)Cn1cncc1CNC(=O)c1cnc(-c2ccccn2)[nH]c1=O. The lowest BCUT2D eigenvalue weighted by Gasteiger charge is -2.11. The van der Waals surface area contributed by atoms with Crippen LogP contribution in [0.4, 0.5) is 0 Å². The average molecular weight is 352 g/mol. The number of hydrogen-bond acceptors (Lipinski definition) is 5. The third-order valence-electron chi connectivity index (χ3n) is 3.74. The zero-order chi connectivity index (χ0) is 18.5. The highest BCUT2D eigenvalue weighted by atomic mass is 16.2. The first-order chi connectivity index (χ1) is 12.5. The highest BCUT2D eigenvalue weighted by molar-refractivity contribution is 5.93. The maximum Gasteiger partial charge on any atom is 0.264 e. The second-order valence-corrected chi connectivity index (χ2v) is 6.30. The Bertz CT molecular complexity index is 946. The molecule has 2 N–H and O–H groups in total. The van der Waals surface area contributed by atoms with E-state index in [4.69, 9.17) is 0 Å². The van der Waals surface area contributed by atoms with E-state index in [1.807, 2.05) is 4.57 Å². The van der Waals surface area contributed by atoms with E-state index in [1.54, 1.807) is 36.9 Å². The van der Waals surface area contributed by atoms with Crippen molar-refractivity contribution in [1.82, 2.24) is 29.8 Å². The van der Waals surface area contributed by atoms with Crippen molar-refractivity contribution in [2.45, 2.75) is 26.9 Å². The normalized spacial score (nSPS) is 10.9. The maximum atomic E-state index is 12.3. The third kappa shape index (κ3) is 4.02. The van der Waals surface area contributed by atoms with E-state index in [1.165, 1.54) is 6.20 Å². The Morgan fingerprint density at radius 1 is 1.27 bits per heavy atom. The van der Waals surface area contributed by atoms with Crippen LogP contribution >= 0.6 is 0 Å². The molecule has 0 aliphatic carbocycles. The van der Waals surface area contributed by atoms with E-state index in [-0.39, 0.29) is 12.1 Å². The first kappa shape index (κ1) is 17.5. The van der Waals surface area contributed by atoms with Crippen LogP contribution in [0.15, 0.2) is 47.9 Å². The molecule has 0 radical (unpaired) electrons. The van der Waals surface area contributed by atoms with Crippen LogP contribution in [0.3, 0.4) is 0 Å². The summed E-state index contributed by atoms with van der Waals surface area (Å²) >= 11 is 0. The summed E-state index contributed by atoms with van der Waals surface area (Å²) in [5.41, 5.74) is 0.865. The lowest BCUT2D eigenvalue weighted by atomic mass is 10.2. The van der Waals surface area contributed by atoms with Crippen molar-refractivity contribution in [3.05, 3.63) is 64.7 Å². The number of rotatable bonds is 6. The van der Waals surface area contributed by atoms with Crippen LogP contribution in [0.1, 0.15) is 29.9 Å². The van der Waals surface area contributed by atoms with Gasteiger partial charge >= 0.3 is 0 Å². The number of nitrogens with zero attached hydrogens (tertiary/aromatic N) is 4. The molecule has 0 saturated carbocycles. The Morgan fingerprint density at radius 3 is 2.81 bits per heavy atom. The number of carbonyl (C=O) groups excluding carboxylic acids is 1. The molecular weight excluding hydrogens is 332 g/mol. The topological polar surface area (TPSA) is 106 Å². The smallest absolute Gasteiger partial charge is 0.264 e. The third-order valence-corrected chi connectivity index (χ3v) is 3.74. The molecule has 0 aliphatic heterocycles. The Morgan fingerprint density at radius 2 is 2.12 bits per heavy atom. The lowest BCUT2D eigenvalue weighted by Crippen LogP contribution is -2.30. The molecule has 3 aromatic rings. The van der Waals surface area contributed by atoms with Crippen LogP contribution in [-0.2, 0) is 13.1 Å². The molecule has 0 aliphatic rings. The molecule has 0 aromatic carbocycles. The maximum absolute atomic E-state index is 12.3. The molecule has 1 amide bonds. The van der Waals surface area contributed by atoms with Gasteiger partial charge in [0.1, 0.15) is 11.3 Å². The van der Waals surface area contributed by atoms with E-state index < -0.39 is 11.5 Å². The fourth-order valence-electron chi connectivity index (χ4n) is 2.51. The summed E-state index contributed by atoms with van der Waals surface area (Å²) < 4.78 is 1.98. The Hall–Kier alpha value is -3.29. The van der Waals surface area contributed by atoms with Crippen LogP contribution in [0, 0.1) is 5.92 Å². The Kier molecular flexibility index (Phi) is 5.21. The molecule has 3 heterocycles. The molecule has 3 rings (SSSR count). The summed E-state index contributed by atoms with van der Waals surface area (Å²) in [6, 6.07) is 5.30. The molecule has 0 fully saturated rings. The zero-order valence-electron chi connectivity index (χ0n) is 14.6. The minimum absolute atomic E-state index is 0.0420. The van der Waals surface area contributed by atoms with Crippen LogP contribution in [-0.4, -0.2) is 30.4 Å². The van der Waals surface area contributed by atoms with Gasteiger partial charge in [0.05, 0.1) is 18.6 Å². The summed E-state index contributed by atoms with van der Waals surface area (Å²) in [5.74, 6) is 0.301. The molecule has 8 heteroatoms. The van der Waals surface area contributed by atoms with E-state index in [0.29, 0.717) is 17.4 Å². The minimum atomic E-state index is -0.506. The lowest BCUT2D eigenvalue weighted by molar-refractivity contribution is 0.0948. The minimum Gasteiger partial charge on any atom is -0.346 e. The summed E-state index contributed by atoms with van der Waals surface area (Å²) in [7, 11) is 0. The predicted molar refractivity (Wildman–Crippen MR) is 96.3 cm³/mol. The van der Waals surface area contributed by atoms with Gasteiger partial charge in [-0.25, -0.2) is 9.97 Å². The van der Waals surface area contributed by atoms with Gasteiger partial charge in [0, 0.05) is 25.1 Å². The second-order valence-electron chi connectivity index (χ2n) is 6.30. The van der Waals surface area contributed by atoms with Crippen LogP contribution in [0.5, 0.6) is 0 Å². The van der Waals surface area contributed by atoms with E-state index in [2.05, 4.69) is 39.1 Å². The monoisotopic (exact) mass is 352 g/mol. The Labute approximate surface area is 150 Å². The number of carbonyl (C=O) groups is 1. The molecule has 3 aromatic heterocycles. The largest absolute Gasteiger partial charge is 0.346 e. The van der Waals surface area contributed by atoms with Crippen molar-refractivity contribution < 1.29 is 4.79 Å². The van der Waals surface area contributed by atoms with Gasteiger partial charge in [-0.1, -0.05) is 19.9 Å². The molecule has 0 unspecified atom stereocenters. The molecule has 0 saturated heterocycles. The van der Waals surface area contributed by atoms with Gasteiger partial charge in [-0.15, -0.1) is 0 Å². The van der Waals surface area contributed by atoms with Crippen LogP contribution in [0.2, 0.25) is 0 Å².